The van der Waals surface area contributed by atoms with Crippen LogP contribution in [-0.4, -0.2) is 16.0 Å². The van der Waals surface area contributed by atoms with Crippen molar-refractivity contribution in [2.45, 2.75) is 25.7 Å². The smallest absolute Gasteiger partial charge is 0.255 e. The van der Waals surface area contributed by atoms with Crippen LogP contribution in [0.15, 0.2) is 42.5 Å². The number of para-hydroxylation sites is 2. The van der Waals surface area contributed by atoms with Gasteiger partial charge in [-0.15, -0.1) is 0 Å². The van der Waals surface area contributed by atoms with Crippen LogP contribution in [-0.2, 0) is 12.8 Å². The van der Waals surface area contributed by atoms with Crippen molar-refractivity contribution >= 4 is 22.5 Å². The molecule has 0 bridgehead atoms. The lowest BCUT2D eigenvalue weighted by Gasteiger charge is -2.11. The van der Waals surface area contributed by atoms with Crippen LogP contribution in [0.2, 0.25) is 0 Å². The van der Waals surface area contributed by atoms with E-state index in [-0.39, 0.29) is 11.7 Å². The lowest BCUT2D eigenvalue weighted by atomic mass is 9.95. The molecule has 0 saturated heterocycles. The summed E-state index contributed by atoms with van der Waals surface area (Å²) in [6, 6.07) is 12.5. The van der Waals surface area contributed by atoms with Crippen molar-refractivity contribution in [3.05, 3.63) is 59.3 Å². The van der Waals surface area contributed by atoms with Crippen LogP contribution in [0.25, 0.3) is 10.9 Å². The standard InChI is InChI=1S/C19H18N2O2/c22-18-8-4-3-7-17(18)21-19(23)12-9-10-16-14(11-12)13-5-1-2-6-15(13)20-16/h3-4,7-11,20,22H,1-2,5-6H2,(H,21,23). The largest absolute Gasteiger partial charge is 0.506 e. The molecule has 0 fully saturated rings. The second-order valence-electron chi connectivity index (χ2n) is 6.02. The maximum Gasteiger partial charge on any atom is 0.255 e. The molecular formula is C19H18N2O2. The van der Waals surface area contributed by atoms with Crippen LogP contribution in [0.3, 0.4) is 0 Å². The predicted molar refractivity (Wildman–Crippen MR) is 91.0 cm³/mol. The Balaban J connectivity index is 1.68. The van der Waals surface area contributed by atoms with E-state index in [2.05, 4.69) is 10.3 Å². The van der Waals surface area contributed by atoms with Gasteiger partial charge in [0.1, 0.15) is 5.75 Å². The molecule has 0 atom stereocenters. The summed E-state index contributed by atoms with van der Waals surface area (Å²) < 4.78 is 0. The topological polar surface area (TPSA) is 65.1 Å². The Labute approximate surface area is 134 Å². The number of H-pyrrole nitrogens is 1. The minimum absolute atomic E-state index is 0.0703. The molecule has 1 amide bonds. The molecule has 0 saturated carbocycles. The SMILES string of the molecule is O=C(Nc1ccccc1O)c1ccc2[nH]c3c(c2c1)CCCC3. The Morgan fingerprint density at radius 1 is 1.09 bits per heavy atom. The predicted octanol–water partition coefficient (Wildman–Crippen LogP) is 4.00. The first-order chi connectivity index (χ1) is 11.2. The molecule has 4 rings (SSSR count). The van der Waals surface area contributed by atoms with E-state index >= 15 is 0 Å². The van der Waals surface area contributed by atoms with Crippen molar-refractivity contribution in [3.8, 4) is 5.75 Å². The number of anilines is 1. The Bertz CT molecular complexity index is 896. The first-order valence-corrected chi connectivity index (χ1v) is 7.95. The van der Waals surface area contributed by atoms with Crippen molar-refractivity contribution in [2.24, 2.45) is 0 Å². The molecule has 0 aliphatic heterocycles. The molecule has 23 heavy (non-hydrogen) atoms. The molecule has 2 aromatic carbocycles. The van der Waals surface area contributed by atoms with Gasteiger partial charge in [0.2, 0.25) is 0 Å². The van der Waals surface area contributed by atoms with E-state index in [0.717, 1.165) is 23.7 Å². The number of fused-ring (bicyclic) bond motifs is 3. The Morgan fingerprint density at radius 2 is 1.91 bits per heavy atom. The fourth-order valence-corrected chi connectivity index (χ4v) is 3.32. The van der Waals surface area contributed by atoms with Gasteiger partial charge in [-0.3, -0.25) is 4.79 Å². The number of aromatic amines is 1. The van der Waals surface area contributed by atoms with Crippen molar-refractivity contribution < 1.29 is 9.90 Å². The van der Waals surface area contributed by atoms with Gasteiger partial charge in [0, 0.05) is 22.2 Å². The van der Waals surface area contributed by atoms with Crippen LogP contribution in [0.4, 0.5) is 5.69 Å². The van der Waals surface area contributed by atoms with Crippen molar-refractivity contribution in [1.29, 1.82) is 0 Å². The highest BCUT2D eigenvalue weighted by Crippen LogP contribution is 2.30. The lowest BCUT2D eigenvalue weighted by Crippen LogP contribution is -2.11. The maximum absolute atomic E-state index is 12.5. The molecular weight excluding hydrogens is 288 g/mol. The zero-order chi connectivity index (χ0) is 15.8. The molecule has 116 valence electrons. The van der Waals surface area contributed by atoms with E-state index in [9.17, 15) is 9.90 Å². The Kier molecular flexibility index (Phi) is 3.30. The molecule has 4 heteroatoms. The fraction of sp³-hybridized carbons (Fsp3) is 0.211. The molecule has 1 aliphatic carbocycles. The van der Waals surface area contributed by atoms with E-state index in [0.29, 0.717) is 11.3 Å². The van der Waals surface area contributed by atoms with Crippen LogP contribution in [0, 0.1) is 0 Å². The van der Waals surface area contributed by atoms with Gasteiger partial charge < -0.3 is 15.4 Å². The Morgan fingerprint density at radius 3 is 2.78 bits per heavy atom. The molecule has 0 radical (unpaired) electrons. The number of carbonyl (C=O) groups is 1. The van der Waals surface area contributed by atoms with E-state index in [1.165, 1.54) is 24.1 Å². The first kappa shape index (κ1) is 13.9. The summed E-state index contributed by atoms with van der Waals surface area (Å²) in [5.41, 5.74) is 4.78. The quantitative estimate of drug-likeness (QED) is 0.626. The lowest BCUT2D eigenvalue weighted by molar-refractivity contribution is 0.102. The highest BCUT2D eigenvalue weighted by atomic mass is 16.3. The minimum Gasteiger partial charge on any atom is -0.506 e. The van der Waals surface area contributed by atoms with Gasteiger partial charge in [-0.2, -0.15) is 0 Å². The van der Waals surface area contributed by atoms with Gasteiger partial charge in [-0.05, 0) is 61.6 Å². The van der Waals surface area contributed by atoms with Gasteiger partial charge in [0.15, 0.2) is 0 Å². The summed E-state index contributed by atoms with van der Waals surface area (Å²) in [5, 5.41) is 13.7. The summed E-state index contributed by atoms with van der Waals surface area (Å²) in [6.45, 7) is 0. The van der Waals surface area contributed by atoms with Crippen LogP contribution in [0.5, 0.6) is 5.75 Å². The number of aromatic hydroxyl groups is 1. The number of aromatic nitrogens is 1. The number of hydrogen-bond acceptors (Lipinski definition) is 2. The van der Waals surface area contributed by atoms with Crippen molar-refractivity contribution in [1.82, 2.24) is 4.98 Å². The van der Waals surface area contributed by atoms with Gasteiger partial charge in [0.25, 0.3) is 5.91 Å². The number of rotatable bonds is 2. The number of amides is 1. The van der Waals surface area contributed by atoms with Crippen LogP contribution >= 0.6 is 0 Å². The average Bonchev–Trinajstić information content (AvgIpc) is 2.94. The average molecular weight is 306 g/mol. The molecule has 3 aromatic rings. The molecule has 0 spiro atoms. The summed E-state index contributed by atoms with van der Waals surface area (Å²) in [7, 11) is 0. The van der Waals surface area contributed by atoms with E-state index in [1.807, 2.05) is 18.2 Å². The van der Waals surface area contributed by atoms with E-state index in [1.54, 1.807) is 24.3 Å². The molecule has 1 heterocycles. The number of phenols is 1. The molecule has 4 nitrogen and oxygen atoms in total. The van der Waals surface area contributed by atoms with Gasteiger partial charge >= 0.3 is 0 Å². The third-order valence-electron chi connectivity index (χ3n) is 4.51. The number of aryl methyl sites for hydroxylation is 2. The van der Waals surface area contributed by atoms with Crippen molar-refractivity contribution in [2.75, 3.05) is 5.32 Å². The number of phenolic OH excluding ortho intramolecular Hbond substituents is 1. The van der Waals surface area contributed by atoms with E-state index in [4.69, 9.17) is 0 Å². The Hall–Kier alpha value is -2.75. The number of hydrogen-bond donors (Lipinski definition) is 3. The zero-order valence-electron chi connectivity index (χ0n) is 12.7. The molecule has 1 aliphatic rings. The number of nitrogens with one attached hydrogen (secondary N) is 2. The minimum atomic E-state index is -0.209. The van der Waals surface area contributed by atoms with Crippen molar-refractivity contribution in [3.63, 3.8) is 0 Å². The fourth-order valence-electron chi connectivity index (χ4n) is 3.32. The maximum atomic E-state index is 12.5. The van der Waals surface area contributed by atoms with Gasteiger partial charge in [-0.25, -0.2) is 0 Å². The first-order valence-electron chi connectivity index (χ1n) is 7.95. The zero-order valence-corrected chi connectivity index (χ0v) is 12.7. The van der Waals surface area contributed by atoms with Gasteiger partial charge in [-0.1, -0.05) is 12.1 Å². The molecule has 1 aromatic heterocycles. The second-order valence-corrected chi connectivity index (χ2v) is 6.02. The summed E-state index contributed by atoms with van der Waals surface area (Å²) >= 11 is 0. The number of carbonyl (C=O) groups excluding carboxylic acids is 1. The highest BCUT2D eigenvalue weighted by Gasteiger charge is 2.17. The van der Waals surface area contributed by atoms with Crippen LogP contribution in [0.1, 0.15) is 34.5 Å². The van der Waals surface area contributed by atoms with E-state index < -0.39 is 0 Å². The normalized spacial score (nSPS) is 13.7. The second kappa shape index (κ2) is 5.47. The molecule has 3 N–H and O–H groups in total. The van der Waals surface area contributed by atoms with Crippen LogP contribution < -0.4 is 5.32 Å². The number of benzene rings is 2. The monoisotopic (exact) mass is 306 g/mol. The summed E-state index contributed by atoms with van der Waals surface area (Å²) in [6.07, 6.45) is 4.58. The summed E-state index contributed by atoms with van der Waals surface area (Å²) in [4.78, 5) is 15.9. The highest BCUT2D eigenvalue weighted by molar-refractivity contribution is 6.07. The summed E-state index contributed by atoms with van der Waals surface area (Å²) in [5.74, 6) is -0.139. The third-order valence-corrected chi connectivity index (χ3v) is 4.51. The molecule has 0 unspecified atom stereocenters. The third kappa shape index (κ3) is 2.46. The van der Waals surface area contributed by atoms with Gasteiger partial charge in [0.05, 0.1) is 5.69 Å².